The highest BCUT2D eigenvalue weighted by molar-refractivity contribution is 5.65. The van der Waals surface area contributed by atoms with Crippen LogP contribution in [0.5, 0.6) is 0 Å². The van der Waals surface area contributed by atoms with Gasteiger partial charge >= 0.3 is 0 Å². The van der Waals surface area contributed by atoms with Crippen molar-refractivity contribution in [3.8, 4) is 11.3 Å². The molecule has 2 aromatic rings. The zero-order valence-corrected chi connectivity index (χ0v) is 9.50. The summed E-state index contributed by atoms with van der Waals surface area (Å²) in [5.74, 6) is -0.190. The molecule has 0 N–H and O–H groups in total. The summed E-state index contributed by atoms with van der Waals surface area (Å²) in [6.45, 7) is 3.83. The maximum Gasteiger partial charge on any atom is 0.123 e. The van der Waals surface area contributed by atoms with E-state index in [1.54, 1.807) is 16.7 Å². The molecule has 0 atom stereocenters. The second-order valence-corrected chi connectivity index (χ2v) is 3.97. The first-order chi connectivity index (χ1) is 7.59. The van der Waals surface area contributed by atoms with Crippen molar-refractivity contribution in [1.29, 1.82) is 0 Å². The fourth-order valence-electron chi connectivity index (χ4n) is 2.02. The molecule has 82 valence electrons. The third kappa shape index (κ3) is 1.78. The fourth-order valence-corrected chi connectivity index (χ4v) is 2.02. The Hall–Kier alpha value is -1.83. The number of pyridine rings is 1. The lowest BCUT2D eigenvalue weighted by molar-refractivity contribution is -0.600. The molecule has 0 amide bonds. The Morgan fingerprint density at radius 1 is 1.12 bits per heavy atom. The minimum absolute atomic E-state index is 0.190. The number of aryl methyl sites for hydroxylation is 2. The van der Waals surface area contributed by atoms with Crippen LogP contribution >= 0.6 is 0 Å². The Labute approximate surface area is 95.2 Å². The molecule has 0 saturated heterocycles. The number of rotatable bonds is 1. The van der Waals surface area contributed by atoms with E-state index < -0.39 is 0 Å². The Balaban J connectivity index is 2.70. The second-order valence-electron chi connectivity index (χ2n) is 3.97. The van der Waals surface area contributed by atoms with Gasteiger partial charge in [0, 0.05) is 7.05 Å². The number of hydrogen-bond acceptors (Lipinski definition) is 0. The highest BCUT2D eigenvalue weighted by Gasteiger charge is 2.09. The first kappa shape index (κ1) is 10.7. The summed E-state index contributed by atoms with van der Waals surface area (Å²) < 4.78 is 15.0. The summed E-state index contributed by atoms with van der Waals surface area (Å²) in [4.78, 5) is 0. The first-order valence-electron chi connectivity index (χ1n) is 5.18. The molecule has 0 bridgehead atoms. The van der Waals surface area contributed by atoms with Gasteiger partial charge in [-0.2, -0.15) is 0 Å². The topological polar surface area (TPSA) is 3.88 Å². The highest BCUT2D eigenvalue weighted by Crippen LogP contribution is 2.25. The standard InChI is InChI=1S/C14H14FN/c1-10-8-12(15)9-11(2)14(10)13-6-4-5-7-16(13)3/h4-9H,3H2,1-2H3. The van der Waals surface area contributed by atoms with Crippen LogP contribution in [-0.2, 0) is 0 Å². The van der Waals surface area contributed by atoms with Crippen molar-refractivity contribution >= 4 is 0 Å². The van der Waals surface area contributed by atoms with Gasteiger partial charge in [0.2, 0.25) is 0 Å². The van der Waals surface area contributed by atoms with Gasteiger partial charge in [-0.15, -0.1) is 0 Å². The third-order valence-electron chi connectivity index (χ3n) is 2.69. The van der Waals surface area contributed by atoms with E-state index in [0.717, 1.165) is 22.4 Å². The molecule has 0 radical (unpaired) electrons. The fraction of sp³-hybridized carbons (Fsp3) is 0.143. The normalized spacial score (nSPS) is 10.4. The van der Waals surface area contributed by atoms with Crippen molar-refractivity contribution in [3.63, 3.8) is 0 Å². The summed E-state index contributed by atoms with van der Waals surface area (Å²) in [7, 11) is 3.92. The lowest BCUT2D eigenvalue weighted by Gasteiger charge is -2.13. The van der Waals surface area contributed by atoms with Crippen molar-refractivity contribution in [1.82, 2.24) is 0 Å². The van der Waals surface area contributed by atoms with E-state index in [1.165, 1.54) is 0 Å². The highest BCUT2D eigenvalue weighted by atomic mass is 19.1. The second kappa shape index (κ2) is 3.97. The summed E-state index contributed by atoms with van der Waals surface area (Å²) >= 11 is 0. The number of benzene rings is 1. The molecule has 2 heteroatoms. The maximum atomic E-state index is 13.2. The molecule has 0 aliphatic heterocycles. The quantitative estimate of drug-likeness (QED) is 0.508. The van der Waals surface area contributed by atoms with Gasteiger partial charge in [0.15, 0.2) is 0 Å². The molecule has 1 aromatic carbocycles. The average molecular weight is 215 g/mol. The van der Waals surface area contributed by atoms with Crippen molar-refractivity contribution in [2.24, 2.45) is 0 Å². The molecule has 16 heavy (non-hydrogen) atoms. The molecule has 0 saturated carbocycles. The Morgan fingerprint density at radius 3 is 2.31 bits per heavy atom. The molecule has 2 rings (SSSR count). The predicted molar refractivity (Wildman–Crippen MR) is 62.3 cm³/mol. The van der Waals surface area contributed by atoms with Gasteiger partial charge in [0.05, 0.1) is 6.20 Å². The largest absolute Gasteiger partial charge is 0.333 e. The number of halogens is 1. The van der Waals surface area contributed by atoms with Crippen LogP contribution in [0.15, 0.2) is 36.5 Å². The molecular formula is C14H14FN. The summed E-state index contributed by atoms with van der Waals surface area (Å²) in [6, 6.07) is 8.97. The lowest BCUT2D eigenvalue weighted by atomic mass is 9.99. The average Bonchev–Trinajstić information content (AvgIpc) is 2.19. The van der Waals surface area contributed by atoms with E-state index in [0.29, 0.717) is 0 Å². The first-order valence-corrected chi connectivity index (χ1v) is 5.18. The maximum absolute atomic E-state index is 13.2. The van der Waals surface area contributed by atoms with E-state index in [9.17, 15) is 4.39 Å². The van der Waals surface area contributed by atoms with E-state index in [1.807, 2.05) is 38.2 Å². The zero-order valence-electron chi connectivity index (χ0n) is 9.50. The van der Waals surface area contributed by atoms with Gasteiger partial charge in [0.1, 0.15) is 11.5 Å². The van der Waals surface area contributed by atoms with Crippen LogP contribution in [0.4, 0.5) is 4.39 Å². The smallest absolute Gasteiger partial charge is 0.123 e. The molecule has 0 fully saturated rings. The molecule has 1 nitrogen and oxygen atoms in total. The van der Waals surface area contributed by atoms with Crippen molar-refractivity contribution in [2.75, 3.05) is 0 Å². The number of aromatic nitrogens is 1. The minimum atomic E-state index is -0.190. The van der Waals surface area contributed by atoms with Gasteiger partial charge in [0.25, 0.3) is 0 Å². The van der Waals surface area contributed by atoms with Crippen LogP contribution in [0.1, 0.15) is 11.1 Å². The SMILES string of the molecule is [CH2-][n+]1ccccc1-c1c(C)cc(F)cc1C. The van der Waals surface area contributed by atoms with E-state index >= 15 is 0 Å². The van der Waals surface area contributed by atoms with Gasteiger partial charge in [-0.3, -0.25) is 0 Å². The molecule has 0 unspecified atom stereocenters. The van der Waals surface area contributed by atoms with Crippen LogP contribution in [0, 0.1) is 26.7 Å². The third-order valence-corrected chi connectivity index (χ3v) is 2.69. The monoisotopic (exact) mass is 215 g/mol. The van der Waals surface area contributed by atoms with E-state index in [2.05, 4.69) is 7.05 Å². The van der Waals surface area contributed by atoms with Gasteiger partial charge in [-0.25, -0.2) is 4.39 Å². The number of hydrogen-bond donors (Lipinski definition) is 0. The summed E-state index contributed by atoms with van der Waals surface area (Å²) in [5, 5.41) is 0. The predicted octanol–water partition coefficient (Wildman–Crippen LogP) is 3.04. The van der Waals surface area contributed by atoms with Crippen LogP contribution in [0.25, 0.3) is 11.3 Å². The number of nitrogens with zero attached hydrogens (tertiary/aromatic N) is 1. The Kier molecular flexibility index (Phi) is 2.65. The summed E-state index contributed by atoms with van der Waals surface area (Å²) in [6.07, 6.45) is 1.89. The lowest BCUT2D eigenvalue weighted by Crippen LogP contribution is -2.28. The van der Waals surface area contributed by atoms with Crippen LogP contribution in [0.3, 0.4) is 0 Å². The summed E-state index contributed by atoms with van der Waals surface area (Å²) in [5.41, 5.74) is 3.91. The Bertz CT molecular complexity index is 509. The van der Waals surface area contributed by atoms with Crippen molar-refractivity contribution in [3.05, 3.63) is 60.5 Å². The van der Waals surface area contributed by atoms with Gasteiger partial charge in [-0.1, -0.05) is 12.1 Å². The molecular weight excluding hydrogens is 201 g/mol. The van der Waals surface area contributed by atoms with Crippen LogP contribution < -0.4 is 4.57 Å². The van der Waals surface area contributed by atoms with E-state index in [4.69, 9.17) is 0 Å². The Morgan fingerprint density at radius 2 is 1.75 bits per heavy atom. The minimum Gasteiger partial charge on any atom is -0.333 e. The van der Waals surface area contributed by atoms with Gasteiger partial charge < -0.3 is 4.57 Å². The molecule has 1 heterocycles. The molecule has 0 aliphatic carbocycles. The van der Waals surface area contributed by atoms with Crippen molar-refractivity contribution in [2.45, 2.75) is 13.8 Å². The van der Waals surface area contributed by atoms with E-state index in [-0.39, 0.29) is 5.82 Å². The van der Waals surface area contributed by atoms with Gasteiger partial charge in [-0.05, 0) is 48.7 Å². The molecule has 0 spiro atoms. The van der Waals surface area contributed by atoms with Crippen LogP contribution in [0.2, 0.25) is 0 Å². The molecule has 0 aliphatic rings. The van der Waals surface area contributed by atoms with Crippen molar-refractivity contribution < 1.29 is 8.96 Å². The molecule has 1 aromatic heterocycles. The zero-order chi connectivity index (χ0) is 11.7. The van der Waals surface area contributed by atoms with Crippen LogP contribution in [-0.4, -0.2) is 0 Å².